The van der Waals surface area contributed by atoms with Crippen LogP contribution >= 0.6 is 27.5 Å². The number of nitrogens with zero attached hydrogens (tertiary/aromatic N) is 1. The van der Waals surface area contributed by atoms with Crippen LogP contribution in [0.2, 0.25) is 5.15 Å². The van der Waals surface area contributed by atoms with Gasteiger partial charge in [0.05, 0.1) is 11.3 Å². The maximum absolute atomic E-state index is 12.4. The van der Waals surface area contributed by atoms with Crippen molar-refractivity contribution in [3.05, 3.63) is 28.0 Å². The van der Waals surface area contributed by atoms with Gasteiger partial charge in [0.1, 0.15) is 5.15 Å². The van der Waals surface area contributed by atoms with Crippen LogP contribution < -0.4 is 0 Å². The molecule has 1 heterocycles. The van der Waals surface area contributed by atoms with E-state index in [2.05, 4.69) is 20.9 Å². The van der Waals surface area contributed by atoms with Crippen LogP contribution in [0, 0.1) is 0 Å². The molecule has 6 heteroatoms. The normalized spacial score (nSPS) is 10.6. The molecule has 0 saturated heterocycles. The topological polar surface area (TPSA) is 30.0 Å². The molecule has 0 atom stereocenters. The monoisotopic (exact) mass is 283 g/mol. The zero-order chi connectivity index (χ0) is 10.7. The number of hydrogen-bond acceptors (Lipinski definition) is 2. The second-order valence-electron chi connectivity index (χ2n) is 2.46. The van der Waals surface area contributed by atoms with Crippen LogP contribution in [0.3, 0.4) is 0 Å². The highest BCUT2D eigenvalue weighted by Crippen LogP contribution is 2.29. The first kappa shape index (κ1) is 11.5. The maximum atomic E-state index is 12.4. The molecule has 0 radical (unpaired) electrons. The van der Waals surface area contributed by atoms with Gasteiger partial charge in [-0.2, -0.15) is 0 Å². The predicted octanol–water partition coefficient (Wildman–Crippen LogP) is 3.38. The zero-order valence-electron chi connectivity index (χ0n) is 6.81. The number of aromatic nitrogens is 1. The van der Waals surface area contributed by atoms with Crippen molar-refractivity contribution in [1.29, 1.82) is 0 Å². The molecule has 1 aromatic heterocycles. The summed E-state index contributed by atoms with van der Waals surface area (Å²) < 4.78 is 24.8. The molecule has 0 aliphatic heterocycles. The van der Waals surface area contributed by atoms with Crippen molar-refractivity contribution in [1.82, 2.24) is 4.98 Å². The van der Waals surface area contributed by atoms with Crippen LogP contribution in [0.4, 0.5) is 8.78 Å². The van der Waals surface area contributed by atoms with E-state index in [-0.39, 0.29) is 10.7 Å². The molecule has 0 aliphatic carbocycles. The van der Waals surface area contributed by atoms with E-state index in [4.69, 9.17) is 11.6 Å². The zero-order valence-corrected chi connectivity index (χ0v) is 9.15. The Morgan fingerprint density at radius 3 is 2.71 bits per heavy atom. The summed E-state index contributed by atoms with van der Waals surface area (Å²) in [5.41, 5.74) is -0.178. The van der Waals surface area contributed by atoms with Crippen molar-refractivity contribution in [2.75, 3.05) is 0 Å². The molecule has 0 spiro atoms. The summed E-state index contributed by atoms with van der Waals surface area (Å²) in [6.45, 7) is 0. The van der Waals surface area contributed by atoms with Crippen molar-refractivity contribution < 1.29 is 13.6 Å². The molecular weight excluding hydrogens is 279 g/mol. The Kier molecular flexibility index (Phi) is 3.95. The van der Waals surface area contributed by atoms with Crippen molar-refractivity contribution in [3.8, 4) is 0 Å². The van der Waals surface area contributed by atoms with Crippen molar-refractivity contribution in [2.45, 2.75) is 11.8 Å². The number of alkyl halides is 3. The molecule has 0 bridgehead atoms. The van der Waals surface area contributed by atoms with Gasteiger partial charge in [0.15, 0.2) is 6.29 Å². The molecule has 0 unspecified atom stereocenters. The molecule has 0 N–H and O–H groups in total. The van der Waals surface area contributed by atoms with Gasteiger partial charge >= 0.3 is 0 Å². The molecule has 0 saturated carbocycles. The molecule has 0 aliphatic rings. The quantitative estimate of drug-likeness (QED) is 0.484. The maximum Gasteiger partial charge on any atom is 0.267 e. The van der Waals surface area contributed by atoms with Crippen LogP contribution in [0.15, 0.2) is 6.07 Å². The first-order chi connectivity index (χ1) is 6.60. The molecule has 2 nitrogen and oxygen atoms in total. The summed E-state index contributed by atoms with van der Waals surface area (Å²) in [5.74, 6) is 0. The van der Waals surface area contributed by atoms with Gasteiger partial charge in [-0.25, -0.2) is 13.8 Å². The first-order valence-corrected chi connectivity index (χ1v) is 5.08. The van der Waals surface area contributed by atoms with Crippen molar-refractivity contribution in [3.63, 3.8) is 0 Å². The summed E-state index contributed by atoms with van der Waals surface area (Å²) >= 11 is 8.61. The molecule has 0 aromatic carbocycles. The van der Waals surface area contributed by atoms with Gasteiger partial charge < -0.3 is 0 Å². The van der Waals surface area contributed by atoms with E-state index in [1.807, 2.05) is 0 Å². The Labute approximate surface area is 92.4 Å². The number of pyridine rings is 1. The minimum absolute atomic E-state index is 0.116. The van der Waals surface area contributed by atoms with E-state index in [0.29, 0.717) is 17.3 Å². The average Bonchev–Trinajstić information content (AvgIpc) is 2.15. The summed E-state index contributed by atoms with van der Waals surface area (Å²) in [5, 5.41) is 0.0379. The number of hydrogen-bond donors (Lipinski definition) is 0. The standard InChI is InChI=1S/C8H5BrClF2NO/c9-2-5-1-4(3-14)6(8(11)12)7(10)13-5/h1,3,8H,2H2. The molecular formula is C8H5BrClF2NO. The summed E-state index contributed by atoms with van der Waals surface area (Å²) in [6.07, 6.45) is -2.44. The molecule has 1 aromatic rings. The van der Waals surface area contributed by atoms with Gasteiger partial charge in [0.25, 0.3) is 6.43 Å². The number of carbonyl (C=O) groups is 1. The number of rotatable bonds is 3. The second kappa shape index (κ2) is 4.79. The molecule has 76 valence electrons. The van der Waals surface area contributed by atoms with Crippen LogP contribution in [-0.4, -0.2) is 11.3 Å². The van der Waals surface area contributed by atoms with Crippen molar-refractivity contribution in [2.24, 2.45) is 0 Å². The second-order valence-corrected chi connectivity index (χ2v) is 3.38. The summed E-state index contributed by atoms with van der Waals surface area (Å²) in [7, 11) is 0. The molecule has 1 rings (SSSR count). The highest BCUT2D eigenvalue weighted by Gasteiger charge is 2.18. The summed E-state index contributed by atoms with van der Waals surface area (Å²) in [4.78, 5) is 14.2. The van der Waals surface area contributed by atoms with E-state index in [1.165, 1.54) is 6.07 Å². The summed E-state index contributed by atoms with van der Waals surface area (Å²) in [6, 6.07) is 1.29. The van der Waals surface area contributed by atoms with Gasteiger partial charge in [0.2, 0.25) is 0 Å². The molecule has 0 amide bonds. The highest BCUT2D eigenvalue weighted by molar-refractivity contribution is 9.08. The molecule has 14 heavy (non-hydrogen) atoms. The van der Waals surface area contributed by atoms with Crippen molar-refractivity contribution >= 4 is 33.8 Å². The number of aldehydes is 1. The Hall–Kier alpha value is -0.550. The Bertz CT molecular complexity index is 359. The fourth-order valence-electron chi connectivity index (χ4n) is 0.977. The van der Waals surface area contributed by atoms with Crippen LogP contribution in [0.1, 0.15) is 28.0 Å². The minimum atomic E-state index is -2.79. The molecule has 0 fully saturated rings. The fraction of sp³-hybridized carbons (Fsp3) is 0.250. The van der Waals surface area contributed by atoms with Gasteiger partial charge in [-0.3, -0.25) is 4.79 Å². The Balaban J connectivity index is 3.34. The average molecular weight is 284 g/mol. The SMILES string of the molecule is O=Cc1cc(CBr)nc(Cl)c1C(F)F. The van der Waals surface area contributed by atoms with E-state index >= 15 is 0 Å². The fourth-order valence-corrected chi connectivity index (χ4v) is 1.56. The lowest BCUT2D eigenvalue weighted by Crippen LogP contribution is -1.99. The third-order valence-electron chi connectivity index (χ3n) is 1.58. The van der Waals surface area contributed by atoms with Gasteiger partial charge in [0, 0.05) is 10.9 Å². The largest absolute Gasteiger partial charge is 0.298 e. The van der Waals surface area contributed by atoms with Gasteiger partial charge in [-0.05, 0) is 6.07 Å². The smallest absolute Gasteiger partial charge is 0.267 e. The van der Waals surface area contributed by atoms with E-state index in [0.717, 1.165) is 0 Å². The van der Waals surface area contributed by atoms with Crippen LogP contribution in [0.25, 0.3) is 0 Å². The van der Waals surface area contributed by atoms with Crippen LogP contribution in [0.5, 0.6) is 0 Å². The lowest BCUT2D eigenvalue weighted by Gasteiger charge is -2.06. The lowest BCUT2D eigenvalue weighted by molar-refractivity contribution is 0.110. The number of halogens is 4. The minimum Gasteiger partial charge on any atom is -0.298 e. The van der Waals surface area contributed by atoms with E-state index in [1.54, 1.807) is 0 Å². The first-order valence-electron chi connectivity index (χ1n) is 3.58. The highest BCUT2D eigenvalue weighted by atomic mass is 79.9. The van der Waals surface area contributed by atoms with Crippen LogP contribution in [-0.2, 0) is 5.33 Å². The third kappa shape index (κ3) is 2.27. The van der Waals surface area contributed by atoms with Gasteiger partial charge in [-0.1, -0.05) is 27.5 Å². The van der Waals surface area contributed by atoms with E-state index in [9.17, 15) is 13.6 Å². The van der Waals surface area contributed by atoms with E-state index < -0.39 is 12.0 Å². The Morgan fingerprint density at radius 1 is 1.64 bits per heavy atom. The Morgan fingerprint density at radius 2 is 2.29 bits per heavy atom. The third-order valence-corrected chi connectivity index (χ3v) is 2.44. The predicted molar refractivity (Wildman–Crippen MR) is 52.2 cm³/mol. The lowest BCUT2D eigenvalue weighted by atomic mass is 10.1. The number of carbonyl (C=O) groups excluding carboxylic acids is 1. The van der Waals surface area contributed by atoms with Gasteiger partial charge in [-0.15, -0.1) is 0 Å².